The number of halogens is 2. The fraction of sp³-hybridized carbons (Fsp3) is 0.519. The summed E-state index contributed by atoms with van der Waals surface area (Å²) in [5.41, 5.74) is 3.12. The predicted octanol–water partition coefficient (Wildman–Crippen LogP) is 7.95. The highest BCUT2D eigenvalue weighted by atomic mass is 19.1. The summed E-state index contributed by atoms with van der Waals surface area (Å²) in [6, 6.07) is 5.27. The highest BCUT2D eigenvalue weighted by molar-refractivity contribution is 5.85. The zero-order valence-electron chi connectivity index (χ0n) is 21.8. The van der Waals surface area contributed by atoms with Crippen LogP contribution in [0.3, 0.4) is 0 Å². The average Bonchev–Trinajstić information content (AvgIpc) is 3.17. The molecule has 0 aliphatic heterocycles. The third kappa shape index (κ3) is 7.08. The summed E-state index contributed by atoms with van der Waals surface area (Å²) >= 11 is 0. The van der Waals surface area contributed by atoms with Crippen molar-refractivity contribution in [2.75, 3.05) is 11.9 Å². The number of anilines is 1. The van der Waals surface area contributed by atoms with Gasteiger partial charge in [-0.1, -0.05) is 34.6 Å². The van der Waals surface area contributed by atoms with Crippen LogP contribution in [0.2, 0.25) is 0 Å². The second-order valence-electron chi connectivity index (χ2n) is 9.41. The van der Waals surface area contributed by atoms with Crippen LogP contribution >= 0.6 is 0 Å². The molecule has 1 fully saturated rings. The van der Waals surface area contributed by atoms with Crippen LogP contribution in [0.25, 0.3) is 16.6 Å². The quantitative estimate of drug-likeness (QED) is 0.384. The van der Waals surface area contributed by atoms with E-state index >= 15 is 0 Å². The van der Waals surface area contributed by atoms with Gasteiger partial charge in [-0.15, -0.1) is 5.10 Å². The van der Waals surface area contributed by atoms with E-state index in [9.17, 15) is 8.78 Å². The molecule has 0 spiro atoms. The molecule has 2 heterocycles. The SMILES string of the molecule is CC.CC(C)=Nc1c(C)cc(-c2ccn3nc(NCC4(F)CCC4)ncc23)cc1F.CC(C)C. The van der Waals surface area contributed by atoms with E-state index in [1.165, 1.54) is 6.07 Å². The third-order valence-corrected chi connectivity index (χ3v) is 5.13. The van der Waals surface area contributed by atoms with Gasteiger partial charge in [0.25, 0.3) is 0 Å². The lowest BCUT2D eigenvalue weighted by Crippen LogP contribution is -2.39. The zero-order valence-corrected chi connectivity index (χ0v) is 21.8. The molecule has 0 bridgehead atoms. The van der Waals surface area contributed by atoms with Crippen LogP contribution in [0, 0.1) is 18.7 Å². The topological polar surface area (TPSA) is 54.6 Å². The highest BCUT2D eigenvalue weighted by Crippen LogP contribution is 2.36. The molecule has 4 rings (SSSR count). The van der Waals surface area contributed by atoms with Crippen LogP contribution in [0.15, 0.2) is 35.6 Å². The molecule has 0 amide bonds. The number of hydrogen-bond acceptors (Lipinski definition) is 4. The molecule has 5 nitrogen and oxygen atoms in total. The Hall–Kier alpha value is -2.83. The van der Waals surface area contributed by atoms with Crippen molar-refractivity contribution in [2.24, 2.45) is 10.9 Å². The summed E-state index contributed by atoms with van der Waals surface area (Å²) in [5.74, 6) is 0.854. The number of nitrogens with zero attached hydrogens (tertiary/aromatic N) is 4. The molecule has 1 aliphatic rings. The Morgan fingerprint density at radius 1 is 1.21 bits per heavy atom. The lowest BCUT2D eigenvalue weighted by Gasteiger charge is -2.33. The first-order valence-electron chi connectivity index (χ1n) is 12.2. The maximum absolute atomic E-state index is 14.6. The molecule has 2 aromatic heterocycles. The van der Waals surface area contributed by atoms with Crippen molar-refractivity contribution in [3.63, 3.8) is 0 Å². The fourth-order valence-corrected chi connectivity index (χ4v) is 3.46. The van der Waals surface area contributed by atoms with Gasteiger partial charge in [-0.05, 0) is 75.3 Å². The normalized spacial score (nSPS) is 13.9. The first-order chi connectivity index (χ1) is 16.1. The number of fused-ring (bicyclic) bond motifs is 1. The lowest BCUT2D eigenvalue weighted by atomic mass is 9.82. The highest BCUT2D eigenvalue weighted by Gasteiger charge is 2.36. The number of nitrogens with one attached hydrogen (secondary N) is 1. The zero-order chi connectivity index (χ0) is 25.5. The Balaban J connectivity index is 0.000000618. The summed E-state index contributed by atoms with van der Waals surface area (Å²) in [4.78, 5) is 8.58. The molecule has 0 unspecified atom stereocenters. The molecule has 0 saturated heterocycles. The lowest BCUT2D eigenvalue weighted by molar-refractivity contribution is 0.0782. The number of aromatic nitrogens is 3. The first kappa shape index (κ1) is 27.4. The molecule has 0 radical (unpaired) electrons. The summed E-state index contributed by atoms with van der Waals surface area (Å²) in [7, 11) is 0. The predicted molar refractivity (Wildman–Crippen MR) is 140 cm³/mol. The van der Waals surface area contributed by atoms with Crippen molar-refractivity contribution in [3.8, 4) is 11.1 Å². The smallest absolute Gasteiger partial charge is 0.241 e. The monoisotopic (exact) mass is 471 g/mol. The molecule has 0 atom stereocenters. The van der Waals surface area contributed by atoms with E-state index in [4.69, 9.17) is 0 Å². The van der Waals surface area contributed by atoms with Gasteiger partial charge in [-0.2, -0.15) is 0 Å². The Morgan fingerprint density at radius 2 is 1.85 bits per heavy atom. The molecule has 1 N–H and O–H groups in total. The third-order valence-electron chi connectivity index (χ3n) is 5.13. The largest absolute Gasteiger partial charge is 0.350 e. The summed E-state index contributed by atoms with van der Waals surface area (Å²) in [6.45, 7) is 16.2. The number of benzene rings is 1. The van der Waals surface area contributed by atoms with Crippen molar-refractivity contribution < 1.29 is 8.78 Å². The number of hydrogen-bond donors (Lipinski definition) is 1. The van der Waals surface area contributed by atoms with Crippen LogP contribution in [0.5, 0.6) is 0 Å². The summed E-state index contributed by atoms with van der Waals surface area (Å²) in [5, 5.41) is 7.38. The molecule has 1 aromatic carbocycles. The molecule has 1 aliphatic carbocycles. The Kier molecular flexibility index (Phi) is 9.71. The van der Waals surface area contributed by atoms with E-state index in [0.717, 1.165) is 40.3 Å². The van der Waals surface area contributed by atoms with Gasteiger partial charge in [0.2, 0.25) is 5.95 Å². The van der Waals surface area contributed by atoms with Gasteiger partial charge in [0.15, 0.2) is 0 Å². The van der Waals surface area contributed by atoms with Crippen LogP contribution in [0.1, 0.15) is 73.3 Å². The fourth-order valence-electron chi connectivity index (χ4n) is 3.46. The van der Waals surface area contributed by atoms with Gasteiger partial charge in [0.1, 0.15) is 17.2 Å². The molecule has 186 valence electrons. The van der Waals surface area contributed by atoms with Gasteiger partial charge in [-0.3, -0.25) is 4.99 Å². The Bertz CT molecular complexity index is 1080. The minimum absolute atomic E-state index is 0.218. The second-order valence-corrected chi connectivity index (χ2v) is 9.41. The molecular weight excluding hydrogens is 432 g/mol. The summed E-state index contributed by atoms with van der Waals surface area (Å²) < 4.78 is 30.4. The number of alkyl halides is 1. The van der Waals surface area contributed by atoms with Crippen LogP contribution in [-0.2, 0) is 0 Å². The molecule has 7 heteroatoms. The van der Waals surface area contributed by atoms with Crippen LogP contribution < -0.4 is 5.32 Å². The van der Waals surface area contributed by atoms with Crippen molar-refractivity contribution in [1.29, 1.82) is 0 Å². The van der Waals surface area contributed by atoms with Crippen LogP contribution in [0.4, 0.5) is 20.4 Å². The molecular formula is C27H39F2N5. The standard InChI is InChI=1S/C21H23F2N5.C4H10.C2H6/c1-13(2)26-19-14(3)9-15(10-17(19)22)16-5-8-28-18(16)11-24-20(27-28)25-12-21(23)6-4-7-21;1-4(2)3;1-2/h5,8-11H,4,6-7,12H2,1-3H3,(H,25,27);4H,1-3H3;1-2H3. The van der Waals surface area contributed by atoms with E-state index in [2.05, 4.69) is 41.2 Å². The first-order valence-corrected chi connectivity index (χ1v) is 12.2. The van der Waals surface area contributed by atoms with Gasteiger partial charge >= 0.3 is 0 Å². The number of aryl methyl sites for hydroxylation is 1. The van der Waals surface area contributed by atoms with Crippen molar-refractivity contribution in [1.82, 2.24) is 14.6 Å². The maximum Gasteiger partial charge on any atom is 0.241 e. The van der Waals surface area contributed by atoms with E-state index in [1.807, 2.05) is 46.8 Å². The van der Waals surface area contributed by atoms with Gasteiger partial charge < -0.3 is 5.32 Å². The van der Waals surface area contributed by atoms with Gasteiger partial charge in [-0.25, -0.2) is 18.3 Å². The van der Waals surface area contributed by atoms with E-state index < -0.39 is 5.67 Å². The number of rotatable bonds is 5. The van der Waals surface area contributed by atoms with Gasteiger partial charge in [0.05, 0.1) is 18.3 Å². The van der Waals surface area contributed by atoms with Crippen LogP contribution in [-0.4, -0.2) is 32.5 Å². The van der Waals surface area contributed by atoms with Gasteiger partial charge in [0, 0.05) is 17.5 Å². The molecule has 1 saturated carbocycles. The van der Waals surface area contributed by atoms with Crippen molar-refractivity contribution >= 4 is 22.9 Å². The van der Waals surface area contributed by atoms with Crippen molar-refractivity contribution in [3.05, 3.63) is 42.0 Å². The average molecular weight is 472 g/mol. The summed E-state index contributed by atoms with van der Waals surface area (Å²) in [6.07, 6.45) is 5.56. The minimum Gasteiger partial charge on any atom is -0.350 e. The number of aliphatic imine (C=N–C) groups is 1. The second kappa shape index (κ2) is 12.0. The van der Waals surface area contributed by atoms with E-state index in [-0.39, 0.29) is 12.4 Å². The van der Waals surface area contributed by atoms with Crippen molar-refractivity contribution in [2.45, 2.75) is 80.3 Å². The van der Waals surface area contributed by atoms with E-state index in [1.54, 1.807) is 16.9 Å². The maximum atomic E-state index is 14.6. The molecule has 3 aromatic rings. The Labute approximate surface area is 202 Å². The Morgan fingerprint density at radius 3 is 2.38 bits per heavy atom. The minimum atomic E-state index is -1.14. The van der Waals surface area contributed by atoms with E-state index in [0.29, 0.717) is 24.5 Å². The molecule has 34 heavy (non-hydrogen) atoms.